The molecule has 0 bridgehead atoms. The molecule has 1 aromatic rings. The second-order valence-corrected chi connectivity index (χ2v) is 8.12. The van der Waals surface area contributed by atoms with Gasteiger partial charge in [0.2, 0.25) is 5.91 Å². The molecule has 1 N–H and O–H groups in total. The summed E-state index contributed by atoms with van der Waals surface area (Å²) in [5.41, 5.74) is 0.231. The summed E-state index contributed by atoms with van der Waals surface area (Å²) in [6.45, 7) is 7.88. The first-order valence-electron chi connectivity index (χ1n) is 8.81. The van der Waals surface area contributed by atoms with E-state index in [1.165, 1.54) is 18.4 Å². The number of nitrogens with one attached hydrogen (secondary N) is 1. The Labute approximate surface area is 170 Å². The smallest absolute Gasteiger partial charge is 0.357 e. The fourth-order valence-electron chi connectivity index (χ4n) is 2.69. The zero-order valence-corrected chi connectivity index (χ0v) is 18.6. The number of rotatable bonds is 8. The monoisotopic (exact) mass is 415 g/mol. The van der Waals surface area contributed by atoms with Crippen molar-refractivity contribution in [3.05, 3.63) is 16.1 Å². The van der Waals surface area contributed by atoms with Gasteiger partial charge < -0.3 is 19.7 Å². The van der Waals surface area contributed by atoms with E-state index in [-0.39, 0.29) is 34.7 Å². The minimum atomic E-state index is -0.500. The summed E-state index contributed by atoms with van der Waals surface area (Å²) in [5.74, 6) is -0.329. The maximum Gasteiger partial charge on any atom is 0.357 e. The molecule has 1 rings (SSSR count). The number of hydrogen-bond acceptors (Lipinski definition) is 7. The van der Waals surface area contributed by atoms with Crippen LogP contribution in [-0.2, 0) is 14.3 Å². The molecule has 0 aliphatic carbocycles. The lowest BCUT2D eigenvalue weighted by Crippen LogP contribution is -2.43. The maximum atomic E-state index is 12.5. The summed E-state index contributed by atoms with van der Waals surface area (Å²) in [5, 5.41) is 5.27. The summed E-state index contributed by atoms with van der Waals surface area (Å²) in [6.07, 6.45) is 0.0194. The molecule has 0 aliphatic heterocycles. The van der Waals surface area contributed by atoms with Gasteiger partial charge in [-0.15, -0.1) is 11.3 Å². The van der Waals surface area contributed by atoms with Crippen LogP contribution in [0.1, 0.15) is 55.7 Å². The van der Waals surface area contributed by atoms with Crippen LogP contribution >= 0.6 is 23.6 Å². The van der Waals surface area contributed by atoms with E-state index in [0.29, 0.717) is 11.4 Å². The Morgan fingerprint density at radius 2 is 1.96 bits per heavy atom. The van der Waals surface area contributed by atoms with E-state index >= 15 is 0 Å². The van der Waals surface area contributed by atoms with Gasteiger partial charge in [-0.05, 0) is 18.1 Å². The molecule has 2 atom stereocenters. The molecule has 0 spiro atoms. The number of carbonyl (C=O) groups is 2. The first-order chi connectivity index (χ1) is 12.6. The third-order valence-electron chi connectivity index (χ3n) is 4.21. The Hall–Kier alpha value is -1.74. The van der Waals surface area contributed by atoms with Gasteiger partial charge in [0, 0.05) is 37.9 Å². The zero-order chi connectivity index (χ0) is 20.7. The summed E-state index contributed by atoms with van der Waals surface area (Å²) < 4.78 is 10.6. The number of thiazole rings is 1. The van der Waals surface area contributed by atoms with E-state index < -0.39 is 12.1 Å². The number of amides is 1. The second-order valence-electron chi connectivity index (χ2n) is 6.86. The molecule has 1 aromatic heterocycles. The number of methoxy groups -OCH3 is 1. The molecule has 1 amide bonds. The van der Waals surface area contributed by atoms with Gasteiger partial charge in [-0.3, -0.25) is 4.79 Å². The van der Waals surface area contributed by atoms with E-state index in [4.69, 9.17) is 21.7 Å². The predicted molar refractivity (Wildman–Crippen MR) is 110 cm³/mol. The van der Waals surface area contributed by atoms with E-state index in [9.17, 15) is 9.59 Å². The molecule has 7 nitrogen and oxygen atoms in total. The minimum absolute atomic E-state index is 0.0676. The Balaban J connectivity index is 3.14. The van der Waals surface area contributed by atoms with E-state index in [1.54, 1.807) is 17.3 Å². The van der Waals surface area contributed by atoms with Crippen LogP contribution in [0.25, 0.3) is 0 Å². The van der Waals surface area contributed by atoms with Crippen molar-refractivity contribution in [2.45, 2.75) is 46.3 Å². The van der Waals surface area contributed by atoms with Crippen molar-refractivity contribution < 1.29 is 19.1 Å². The molecule has 0 saturated carbocycles. The molecule has 0 aromatic carbocycles. The Kier molecular flexibility index (Phi) is 9.11. The molecule has 9 heteroatoms. The lowest BCUT2D eigenvalue weighted by Gasteiger charge is -2.34. The summed E-state index contributed by atoms with van der Waals surface area (Å²) in [4.78, 5) is 30.3. The average molecular weight is 416 g/mol. The van der Waals surface area contributed by atoms with Crippen molar-refractivity contribution in [3.8, 4) is 0 Å². The topological polar surface area (TPSA) is 80.8 Å². The molecule has 0 fully saturated rings. The highest BCUT2D eigenvalue weighted by molar-refractivity contribution is 7.80. The molecule has 0 saturated heterocycles. The number of carbonyl (C=O) groups excluding carboxylic acids is 2. The van der Waals surface area contributed by atoms with Crippen LogP contribution in [0.5, 0.6) is 0 Å². The van der Waals surface area contributed by atoms with Crippen molar-refractivity contribution >= 4 is 40.6 Å². The average Bonchev–Trinajstić information content (AvgIpc) is 3.12. The molecule has 0 unspecified atom stereocenters. The van der Waals surface area contributed by atoms with E-state index in [1.807, 2.05) is 20.9 Å². The molecule has 152 valence electrons. The van der Waals surface area contributed by atoms with Gasteiger partial charge in [0.15, 0.2) is 11.8 Å². The largest absolute Gasteiger partial charge is 0.464 e. The molecule has 0 aliphatic rings. The van der Waals surface area contributed by atoms with Gasteiger partial charge in [-0.2, -0.15) is 0 Å². The van der Waals surface area contributed by atoms with Crippen LogP contribution in [0.15, 0.2) is 5.38 Å². The minimum Gasteiger partial charge on any atom is -0.464 e. The third-order valence-corrected chi connectivity index (χ3v) is 5.45. The van der Waals surface area contributed by atoms with Crippen molar-refractivity contribution in [1.82, 2.24) is 15.2 Å². The Morgan fingerprint density at radius 1 is 1.33 bits per heavy atom. The van der Waals surface area contributed by atoms with Crippen LogP contribution < -0.4 is 5.32 Å². The fourth-order valence-corrected chi connectivity index (χ4v) is 3.63. The van der Waals surface area contributed by atoms with Crippen molar-refractivity contribution in [3.63, 3.8) is 0 Å². The maximum absolute atomic E-state index is 12.5. The third kappa shape index (κ3) is 6.42. The highest BCUT2D eigenvalue weighted by atomic mass is 32.1. The van der Waals surface area contributed by atoms with Crippen LogP contribution in [-0.4, -0.2) is 54.2 Å². The zero-order valence-electron chi connectivity index (χ0n) is 16.9. The van der Waals surface area contributed by atoms with Crippen LogP contribution in [0.2, 0.25) is 0 Å². The van der Waals surface area contributed by atoms with Gasteiger partial charge in [0.1, 0.15) is 5.01 Å². The van der Waals surface area contributed by atoms with E-state index in [0.717, 1.165) is 0 Å². The van der Waals surface area contributed by atoms with Gasteiger partial charge >= 0.3 is 5.97 Å². The van der Waals surface area contributed by atoms with Crippen LogP contribution in [0.4, 0.5) is 0 Å². The van der Waals surface area contributed by atoms with Gasteiger partial charge in [0.25, 0.3) is 5.17 Å². The lowest BCUT2D eigenvalue weighted by atomic mass is 9.95. The summed E-state index contributed by atoms with van der Waals surface area (Å²) in [6, 6.07) is -0.0740. The predicted octanol–water partition coefficient (Wildman–Crippen LogP) is 3.02. The molecule has 27 heavy (non-hydrogen) atoms. The van der Waals surface area contributed by atoms with Crippen molar-refractivity contribution in [2.24, 2.45) is 11.8 Å². The standard InChI is InChI=1S/C18H29N3O4S2/c1-10(2)13(21(6)16(22)11(3)4)8-14(25-18(26)19-5)15-20-12(9-27-15)17(23)24-7/h9-11,13-14H,8H2,1-7H3,(H,19,26)/t13-,14-/m1/s1. The first-order valence-corrected chi connectivity index (χ1v) is 10.1. The molecular weight excluding hydrogens is 386 g/mol. The first kappa shape index (κ1) is 23.3. The van der Waals surface area contributed by atoms with Crippen LogP contribution in [0.3, 0.4) is 0 Å². The van der Waals surface area contributed by atoms with Gasteiger partial charge in [-0.1, -0.05) is 27.7 Å². The van der Waals surface area contributed by atoms with Gasteiger partial charge in [-0.25, -0.2) is 9.78 Å². The Morgan fingerprint density at radius 3 is 2.44 bits per heavy atom. The highest BCUT2D eigenvalue weighted by Gasteiger charge is 2.31. The van der Waals surface area contributed by atoms with E-state index in [2.05, 4.69) is 24.1 Å². The molecule has 0 radical (unpaired) electrons. The highest BCUT2D eigenvalue weighted by Crippen LogP contribution is 2.30. The SMILES string of the molecule is CNC(=S)O[C@H](C[C@H](C(C)C)N(C)C(=O)C(C)C)c1nc(C(=O)OC)cs1. The summed E-state index contributed by atoms with van der Waals surface area (Å²) >= 11 is 6.47. The van der Waals surface area contributed by atoms with Crippen molar-refractivity contribution in [2.75, 3.05) is 21.2 Å². The van der Waals surface area contributed by atoms with Gasteiger partial charge in [0.05, 0.1) is 7.11 Å². The number of thiocarbonyl (C=S) groups is 1. The van der Waals surface area contributed by atoms with Crippen molar-refractivity contribution in [1.29, 1.82) is 0 Å². The summed E-state index contributed by atoms with van der Waals surface area (Å²) in [7, 11) is 4.80. The number of esters is 1. The Bertz CT molecular complexity index is 661. The fraction of sp³-hybridized carbons (Fsp3) is 0.667. The molecule has 1 heterocycles. The second kappa shape index (κ2) is 10.6. The quantitative estimate of drug-likeness (QED) is 0.516. The lowest BCUT2D eigenvalue weighted by molar-refractivity contribution is -0.136. The number of hydrogen-bond donors (Lipinski definition) is 1. The number of nitrogens with zero attached hydrogens (tertiary/aromatic N) is 2. The number of aromatic nitrogens is 1. The normalized spacial score (nSPS) is 13.2. The molecular formula is C18H29N3O4S2. The van der Waals surface area contributed by atoms with Crippen LogP contribution in [0, 0.1) is 11.8 Å². The number of ether oxygens (including phenoxy) is 2.